The molecule has 0 aliphatic rings. The van der Waals surface area contributed by atoms with E-state index >= 15 is 0 Å². The summed E-state index contributed by atoms with van der Waals surface area (Å²) in [6.45, 7) is 1.34. The van der Waals surface area contributed by atoms with E-state index in [0.29, 0.717) is 5.52 Å². The van der Waals surface area contributed by atoms with Crippen LogP contribution >= 0.6 is 11.6 Å². The quantitative estimate of drug-likeness (QED) is 0.486. The van der Waals surface area contributed by atoms with E-state index < -0.39 is 11.6 Å². The van der Waals surface area contributed by atoms with Gasteiger partial charge in [0.1, 0.15) is 11.6 Å². The van der Waals surface area contributed by atoms with Crippen molar-refractivity contribution in [2.24, 2.45) is 0 Å². The molecule has 0 saturated carbocycles. The number of benzene rings is 1. The molecule has 0 aliphatic carbocycles. The zero-order valence-corrected chi connectivity index (χ0v) is 9.52. The number of fused-ring (bicyclic) bond motifs is 1. The summed E-state index contributed by atoms with van der Waals surface area (Å²) in [6, 6.07) is 1.92. The van der Waals surface area contributed by atoms with Crippen molar-refractivity contribution < 1.29 is 18.4 Å². The van der Waals surface area contributed by atoms with Crippen LogP contribution in [-0.4, -0.2) is 16.5 Å². The second-order valence-electron chi connectivity index (χ2n) is 3.16. The molecule has 0 atom stereocenters. The third-order valence-corrected chi connectivity index (χ3v) is 2.08. The van der Waals surface area contributed by atoms with E-state index in [-0.39, 0.29) is 22.5 Å². The minimum absolute atomic E-state index is 0.152. The van der Waals surface area contributed by atoms with E-state index in [1.807, 2.05) is 0 Å². The molecule has 0 aliphatic heterocycles. The second kappa shape index (κ2) is 5.54. The number of nitrogens with one attached hydrogen (secondary N) is 1. The Bertz CT molecular complexity index is 566. The topological polar surface area (TPSA) is 49.9 Å². The van der Waals surface area contributed by atoms with Gasteiger partial charge in [-0.15, -0.1) is 0 Å². The van der Waals surface area contributed by atoms with Crippen LogP contribution in [0.3, 0.4) is 0 Å². The standard InChI is InChI=1S/C10H7F2NO.CHClO/c1-5(14)7-4-13-9-3-6(11)2-8(12)10(7)9;2-1-3/h2-4,13H,1H3;1H. The zero-order chi connectivity index (χ0) is 13.0. The van der Waals surface area contributed by atoms with Gasteiger partial charge in [0, 0.05) is 23.2 Å². The highest BCUT2D eigenvalue weighted by Crippen LogP contribution is 2.23. The number of aromatic amines is 1. The summed E-state index contributed by atoms with van der Waals surface area (Å²) in [6.07, 6.45) is 1.38. The van der Waals surface area contributed by atoms with Crippen LogP contribution in [0.25, 0.3) is 10.9 Å². The number of halogens is 3. The largest absolute Gasteiger partial charge is 0.360 e. The predicted molar refractivity (Wildman–Crippen MR) is 60.8 cm³/mol. The molecule has 2 aromatic rings. The van der Waals surface area contributed by atoms with Crippen molar-refractivity contribution in [1.29, 1.82) is 0 Å². The van der Waals surface area contributed by atoms with Crippen molar-refractivity contribution in [1.82, 2.24) is 4.98 Å². The summed E-state index contributed by atoms with van der Waals surface area (Å²) in [5.74, 6) is -1.40. The third-order valence-electron chi connectivity index (χ3n) is 2.08. The molecule has 90 valence electrons. The fourth-order valence-electron chi connectivity index (χ4n) is 1.46. The molecule has 6 heteroatoms. The number of H-pyrrole nitrogens is 1. The first kappa shape index (κ1) is 13.3. The Hall–Kier alpha value is -1.75. The maximum Gasteiger partial charge on any atom is 0.208 e. The molecule has 1 aromatic heterocycles. The first-order valence-electron chi connectivity index (χ1n) is 4.52. The molecule has 0 bridgehead atoms. The lowest BCUT2D eigenvalue weighted by Gasteiger charge is -1.95. The molecule has 2 rings (SSSR count). The van der Waals surface area contributed by atoms with Crippen LogP contribution < -0.4 is 0 Å². The van der Waals surface area contributed by atoms with Crippen LogP contribution in [0.5, 0.6) is 0 Å². The van der Waals surface area contributed by atoms with Crippen LogP contribution in [0.4, 0.5) is 8.78 Å². The lowest BCUT2D eigenvalue weighted by molar-refractivity contribution is 0.101. The monoisotopic (exact) mass is 259 g/mol. The molecular formula is C11H8ClF2NO2. The molecule has 1 heterocycles. The van der Waals surface area contributed by atoms with E-state index in [2.05, 4.69) is 16.6 Å². The summed E-state index contributed by atoms with van der Waals surface area (Å²) in [5, 5.41) is 0.152. The summed E-state index contributed by atoms with van der Waals surface area (Å²) in [7, 11) is 0. The number of carbonyl (C=O) groups is 2. The molecule has 3 nitrogen and oxygen atoms in total. The van der Waals surface area contributed by atoms with E-state index in [1.165, 1.54) is 13.1 Å². The fourth-order valence-corrected chi connectivity index (χ4v) is 1.46. The molecule has 17 heavy (non-hydrogen) atoms. The maximum absolute atomic E-state index is 13.3. The van der Waals surface area contributed by atoms with Crippen molar-refractivity contribution in [2.45, 2.75) is 6.92 Å². The van der Waals surface area contributed by atoms with Crippen LogP contribution in [0, 0.1) is 11.6 Å². The Kier molecular flexibility index (Phi) is 4.34. The van der Waals surface area contributed by atoms with Gasteiger partial charge in [0.15, 0.2) is 5.78 Å². The van der Waals surface area contributed by atoms with Gasteiger partial charge >= 0.3 is 0 Å². The summed E-state index contributed by atoms with van der Waals surface area (Å²) in [5.41, 5.74) is 0.546. The number of Topliss-reactive ketones (excluding diaryl/α,β-unsaturated/α-hetero) is 1. The van der Waals surface area contributed by atoms with Crippen LogP contribution in [0.15, 0.2) is 18.3 Å². The molecule has 1 aromatic carbocycles. The van der Waals surface area contributed by atoms with Gasteiger partial charge in [0.25, 0.3) is 0 Å². The van der Waals surface area contributed by atoms with Crippen molar-refractivity contribution in [3.8, 4) is 0 Å². The summed E-state index contributed by atoms with van der Waals surface area (Å²) < 4.78 is 26.1. The molecule has 0 saturated heterocycles. The first-order chi connectivity index (χ1) is 8.01. The second-order valence-corrected chi connectivity index (χ2v) is 3.34. The van der Waals surface area contributed by atoms with E-state index in [9.17, 15) is 13.6 Å². The van der Waals surface area contributed by atoms with Gasteiger partial charge in [0.2, 0.25) is 5.75 Å². The predicted octanol–water partition coefficient (Wildman–Crippen LogP) is 3.06. The van der Waals surface area contributed by atoms with Crippen molar-refractivity contribution in [2.75, 3.05) is 0 Å². The van der Waals surface area contributed by atoms with Crippen molar-refractivity contribution in [3.63, 3.8) is 0 Å². The number of hydrogen-bond donors (Lipinski definition) is 1. The normalized spacial score (nSPS) is 9.65. The molecule has 0 unspecified atom stereocenters. The van der Waals surface area contributed by atoms with Gasteiger partial charge in [0.05, 0.1) is 5.52 Å². The van der Waals surface area contributed by atoms with E-state index in [0.717, 1.165) is 12.1 Å². The van der Waals surface area contributed by atoms with Gasteiger partial charge in [-0.05, 0) is 24.6 Å². The van der Waals surface area contributed by atoms with E-state index in [4.69, 9.17) is 4.79 Å². The van der Waals surface area contributed by atoms with Crippen molar-refractivity contribution in [3.05, 3.63) is 35.5 Å². The third kappa shape index (κ3) is 2.88. The zero-order valence-electron chi connectivity index (χ0n) is 8.76. The van der Waals surface area contributed by atoms with Crippen LogP contribution in [-0.2, 0) is 4.79 Å². The number of hydrogen-bond acceptors (Lipinski definition) is 2. The number of aromatic nitrogens is 1. The Morgan fingerprint density at radius 1 is 1.41 bits per heavy atom. The SMILES string of the molecule is CC(=O)c1c[nH]c2cc(F)cc(F)c12.O=CCl. The van der Waals surface area contributed by atoms with Gasteiger partial charge in [-0.2, -0.15) is 0 Å². The highest BCUT2D eigenvalue weighted by atomic mass is 35.5. The maximum atomic E-state index is 13.3. The average molecular weight is 260 g/mol. The number of rotatable bonds is 1. The minimum Gasteiger partial charge on any atom is -0.360 e. The van der Waals surface area contributed by atoms with E-state index in [1.54, 1.807) is 0 Å². The van der Waals surface area contributed by atoms with Gasteiger partial charge in [-0.3, -0.25) is 9.59 Å². The molecule has 0 spiro atoms. The van der Waals surface area contributed by atoms with Crippen LogP contribution in [0.1, 0.15) is 17.3 Å². The summed E-state index contributed by atoms with van der Waals surface area (Å²) in [4.78, 5) is 22.3. The molecule has 0 fully saturated rings. The van der Waals surface area contributed by atoms with Gasteiger partial charge in [-0.1, -0.05) is 0 Å². The summed E-state index contributed by atoms with van der Waals surface area (Å²) >= 11 is 4.32. The fraction of sp³-hybridized carbons (Fsp3) is 0.0909. The first-order valence-corrected chi connectivity index (χ1v) is 4.95. The Labute approximate surface area is 100 Å². The molecule has 0 radical (unpaired) electrons. The lowest BCUT2D eigenvalue weighted by atomic mass is 10.1. The Morgan fingerprint density at radius 3 is 2.53 bits per heavy atom. The average Bonchev–Trinajstić information content (AvgIpc) is 2.62. The number of ketones is 1. The Balaban J connectivity index is 0.000000437. The van der Waals surface area contributed by atoms with Gasteiger partial charge < -0.3 is 4.98 Å². The Morgan fingerprint density at radius 2 is 2.00 bits per heavy atom. The van der Waals surface area contributed by atoms with Crippen LogP contribution in [0.2, 0.25) is 0 Å². The molecule has 1 N–H and O–H groups in total. The highest BCUT2D eigenvalue weighted by Gasteiger charge is 2.13. The highest BCUT2D eigenvalue weighted by molar-refractivity contribution is 6.54. The molecular weight excluding hydrogens is 252 g/mol. The molecule has 0 amide bonds. The minimum atomic E-state index is -0.716. The van der Waals surface area contributed by atoms with Gasteiger partial charge in [-0.25, -0.2) is 8.78 Å². The smallest absolute Gasteiger partial charge is 0.208 e. The number of carbonyl (C=O) groups excluding carboxylic acids is 2. The lowest BCUT2D eigenvalue weighted by Crippen LogP contribution is -1.91. The van der Waals surface area contributed by atoms with Crippen molar-refractivity contribution >= 4 is 34.0 Å².